The van der Waals surface area contributed by atoms with Gasteiger partial charge in [0.2, 0.25) is 11.8 Å². The molecule has 0 aromatic heterocycles. The van der Waals surface area contributed by atoms with E-state index in [-0.39, 0.29) is 17.7 Å². The van der Waals surface area contributed by atoms with Gasteiger partial charge in [0, 0.05) is 17.8 Å². The zero-order valence-corrected chi connectivity index (χ0v) is 11.6. The number of nitrogens with two attached hydrogens (primary N) is 1. The summed E-state index contributed by atoms with van der Waals surface area (Å²) in [7, 11) is 0. The van der Waals surface area contributed by atoms with Crippen molar-refractivity contribution >= 4 is 34.8 Å². The average Bonchev–Trinajstić information content (AvgIpc) is 2.40. The van der Waals surface area contributed by atoms with Crippen molar-refractivity contribution in [3.05, 3.63) is 23.8 Å². The first-order chi connectivity index (χ1) is 9.06. The summed E-state index contributed by atoms with van der Waals surface area (Å²) in [6, 6.07) is 5.31. The van der Waals surface area contributed by atoms with Gasteiger partial charge in [-0.1, -0.05) is 6.07 Å². The average molecular weight is 284 g/mol. The van der Waals surface area contributed by atoms with E-state index in [4.69, 9.17) is 17.3 Å². The largest absolute Gasteiger partial charge is 0.330 e. The first kappa shape index (κ1) is 15.5. The van der Waals surface area contributed by atoms with Crippen LogP contribution in [0.1, 0.15) is 18.4 Å². The maximum Gasteiger partial charge on any atom is 0.239 e. The molecule has 0 fully saturated rings. The van der Waals surface area contributed by atoms with E-state index in [1.807, 2.05) is 13.0 Å². The van der Waals surface area contributed by atoms with Crippen LogP contribution >= 0.6 is 11.6 Å². The SMILES string of the molecule is Cc1ccc(NC(=O)CCCN)cc1NC(=O)CCl. The standard InChI is InChI=1S/C13H18ClN3O2/c1-9-4-5-10(16-12(18)3-2-6-15)7-11(9)17-13(19)8-14/h4-5,7H,2-3,6,8,15H2,1H3,(H,16,18)(H,17,19). The Hall–Kier alpha value is -1.59. The predicted molar refractivity (Wildman–Crippen MR) is 77.4 cm³/mol. The number of nitrogens with one attached hydrogen (secondary N) is 2. The van der Waals surface area contributed by atoms with Crippen LogP contribution in [0.15, 0.2) is 18.2 Å². The molecule has 1 aromatic carbocycles. The Kier molecular flexibility index (Phi) is 6.32. The van der Waals surface area contributed by atoms with Crippen molar-refractivity contribution in [2.75, 3.05) is 23.1 Å². The zero-order valence-electron chi connectivity index (χ0n) is 10.8. The molecule has 0 aliphatic rings. The van der Waals surface area contributed by atoms with Crippen LogP contribution in [-0.4, -0.2) is 24.2 Å². The van der Waals surface area contributed by atoms with Crippen molar-refractivity contribution in [3.63, 3.8) is 0 Å². The molecular formula is C13H18ClN3O2. The van der Waals surface area contributed by atoms with Crippen LogP contribution < -0.4 is 16.4 Å². The molecule has 19 heavy (non-hydrogen) atoms. The number of halogens is 1. The number of anilines is 2. The summed E-state index contributed by atoms with van der Waals surface area (Å²) in [5.41, 5.74) is 7.52. The van der Waals surface area contributed by atoms with Crippen molar-refractivity contribution < 1.29 is 9.59 Å². The zero-order chi connectivity index (χ0) is 14.3. The minimum absolute atomic E-state index is 0.0936. The lowest BCUT2D eigenvalue weighted by atomic mass is 10.1. The first-order valence-electron chi connectivity index (χ1n) is 6.03. The summed E-state index contributed by atoms with van der Waals surface area (Å²) in [6.45, 7) is 2.35. The Morgan fingerprint density at radius 1 is 1.26 bits per heavy atom. The van der Waals surface area contributed by atoms with Crippen molar-refractivity contribution in [3.8, 4) is 0 Å². The highest BCUT2D eigenvalue weighted by Crippen LogP contribution is 2.20. The normalized spacial score (nSPS) is 10.1. The molecule has 4 N–H and O–H groups in total. The molecule has 0 spiro atoms. The van der Waals surface area contributed by atoms with Crippen molar-refractivity contribution in [2.24, 2.45) is 5.73 Å². The second-order valence-corrected chi connectivity index (χ2v) is 4.42. The summed E-state index contributed by atoms with van der Waals surface area (Å²) >= 11 is 5.44. The number of hydrogen-bond donors (Lipinski definition) is 3. The fourth-order valence-corrected chi connectivity index (χ4v) is 1.57. The van der Waals surface area contributed by atoms with E-state index in [9.17, 15) is 9.59 Å². The summed E-state index contributed by atoms with van der Waals surface area (Å²) in [4.78, 5) is 22.8. The molecule has 5 nitrogen and oxygen atoms in total. The summed E-state index contributed by atoms with van der Waals surface area (Å²) in [6.07, 6.45) is 1.03. The number of alkyl halides is 1. The smallest absolute Gasteiger partial charge is 0.239 e. The number of carbonyl (C=O) groups excluding carboxylic acids is 2. The van der Waals surface area contributed by atoms with E-state index in [0.29, 0.717) is 30.8 Å². The van der Waals surface area contributed by atoms with Gasteiger partial charge in [0.15, 0.2) is 0 Å². The second kappa shape index (κ2) is 7.76. The molecule has 0 heterocycles. The Bertz CT molecular complexity index is 463. The third-order valence-electron chi connectivity index (χ3n) is 2.52. The van der Waals surface area contributed by atoms with Crippen LogP contribution in [0.2, 0.25) is 0 Å². The van der Waals surface area contributed by atoms with E-state index < -0.39 is 0 Å². The molecule has 1 rings (SSSR count). The molecule has 6 heteroatoms. The van der Waals surface area contributed by atoms with E-state index in [1.165, 1.54) is 0 Å². The number of benzene rings is 1. The Morgan fingerprint density at radius 3 is 2.63 bits per heavy atom. The van der Waals surface area contributed by atoms with E-state index in [0.717, 1.165) is 5.56 Å². The van der Waals surface area contributed by atoms with Crippen molar-refractivity contribution in [1.82, 2.24) is 0 Å². The molecule has 0 aliphatic heterocycles. The van der Waals surface area contributed by atoms with Gasteiger partial charge in [-0.05, 0) is 37.6 Å². The van der Waals surface area contributed by atoms with Crippen LogP contribution in [-0.2, 0) is 9.59 Å². The van der Waals surface area contributed by atoms with Crippen LogP contribution in [0.5, 0.6) is 0 Å². The second-order valence-electron chi connectivity index (χ2n) is 4.15. The molecule has 104 valence electrons. The number of rotatable bonds is 6. The summed E-state index contributed by atoms with van der Waals surface area (Å²) in [5.74, 6) is -0.479. The quantitative estimate of drug-likeness (QED) is 0.697. The van der Waals surface area contributed by atoms with Crippen LogP contribution in [0.25, 0.3) is 0 Å². The molecule has 0 saturated heterocycles. The van der Waals surface area contributed by atoms with Gasteiger partial charge in [-0.2, -0.15) is 0 Å². The van der Waals surface area contributed by atoms with Gasteiger partial charge in [-0.3, -0.25) is 9.59 Å². The maximum absolute atomic E-state index is 11.6. The van der Waals surface area contributed by atoms with Gasteiger partial charge >= 0.3 is 0 Å². The number of amides is 2. The number of carbonyl (C=O) groups is 2. The maximum atomic E-state index is 11.6. The topological polar surface area (TPSA) is 84.2 Å². The predicted octanol–water partition coefficient (Wildman–Crippen LogP) is 1.85. The molecule has 0 bridgehead atoms. The van der Waals surface area contributed by atoms with Gasteiger partial charge in [-0.25, -0.2) is 0 Å². The van der Waals surface area contributed by atoms with Crippen LogP contribution in [0.3, 0.4) is 0 Å². The molecule has 2 amide bonds. The molecule has 0 radical (unpaired) electrons. The van der Waals surface area contributed by atoms with E-state index in [1.54, 1.807) is 12.1 Å². The molecule has 0 atom stereocenters. The highest BCUT2D eigenvalue weighted by molar-refractivity contribution is 6.29. The molecule has 0 aliphatic carbocycles. The lowest BCUT2D eigenvalue weighted by Gasteiger charge is -2.10. The van der Waals surface area contributed by atoms with Gasteiger partial charge in [0.25, 0.3) is 0 Å². The Labute approximate surface area is 117 Å². The lowest BCUT2D eigenvalue weighted by molar-refractivity contribution is -0.116. The Morgan fingerprint density at radius 2 is 2.00 bits per heavy atom. The molecular weight excluding hydrogens is 266 g/mol. The fourth-order valence-electron chi connectivity index (χ4n) is 1.50. The highest BCUT2D eigenvalue weighted by atomic mass is 35.5. The molecule has 1 aromatic rings. The highest BCUT2D eigenvalue weighted by Gasteiger charge is 2.06. The van der Waals surface area contributed by atoms with Gasteiger partial charge in [0.05, 0.1) is 0 Å². The van der Waals surface area contributed by atoms with Crippen LogP contribution in [0.4, 0.5) is 11.4 Å². The first-order valence-corrected chi connectivity index (χ1v) is 6.56. The Balaban J connectivity index is 2.72. The fraction of sp³-hybridized carbons (Fsp3) is 0.385. The van der Waals surface area contributed by atoms with Gasteiger partial charge in [-0.15, -0.1) is 11.6 Å². The lowest BCUT2D eigenvalue weighted by Crippen LogP contribution is -2.15. The number of aryl methyl sites for hydroxylation is 1. The van der Waals surface area contributed by atoms with Crippen molar-refractivity contribution in [1.29, 1.82) is 0 Å². The van der Waals surface area contributed by atoms with Gasteiger partial charge in [0.1, 0.15) is 5.88 Å². The van der Waals surface area contributed by atoms with Crippen LogP contribution in [0, 0.1) is 6.92 Å². The number of hydrogen-bond acceptors (Lipinski definition) is 3. The third kappa shape index (κ3) is 5.28. The molecule has 0 saturated carbocycles. The van der Waals surface area contributed by atoms with E-state index >= 15 is 0 Å². The van der Waals surface area contributed by atoms with Gasteiger partial charge < -0.3 is 16.4 Å². The minimum atomic E-state index is -0.281. The summed E-state index contributed by atoms with van der Waals surface area (Å²) in [5, 5.41) is 5.43. The monoisotopic (exact) mass is 283 g/mol. The van der Waals surface area contributed by atoms with E-state index in [2.05, 4.69) is 10.6 Å². The minimum Gasteiger partial charge on any atom is -0.330 e. The molecule has 0 unspecified atom stereocenters. The third-order valence-corrected chi connectivity index (χ3v) is 2.77. The summed E-state index contributed by atoms with van der Waals surface area (Å²) < 4.78 is 0. The van der Waals surface area contributed by atoms with Crippen molar-refractivity contribution in [2.45, 2.75) is 19.8 Å².